The van der Waals surface area contributed by atoms with E-state index in [9.17, 15) is 4.39 Å². The van der Waals surface area contributed by atoms with Gasteiger partial charge in [-0.25, -0.2) is 4.39 Å². The van der Waals surface area contributed by atoms with Gasteiger partial charge in [0.15, 0.2) is 5.82 Å². The van der Waals surface area contributed by atoms with E-state index in [2.05, 4.69) is 34.9 Å². The number of anilines is 1. The summed E-state index contributed by atoms with van der Waals surface area (Å²) >= 11 is 3.16. The molecular weight excluding hydrogens is 321 g/mol. The Morgan fingerprint density at radius 1 is 1.35 bits per heavy atom. The molecule has 1 aromatic carbocycles. The van der Waals surface area contributed by atoms with Gasteiger partial charge in [-0.2, -0.15) is 5.26 Å². The van der Waals surface area contributed by atoms with Gasteiger partial charge < -0.3 is 9.80 Å². The molecule has 0 radical (unpaired) electrons. The van der Waals surface area contributed by atoms with E-state index < -0.39 is 0 Å². The number of benzene rings is 1. The van der Waals surface area contributed by atoms with Gasteiger partial charge in [0.1, 0.15) is 6.07 Å². The van der Waals surface area contributed by atoms with Gasteiger partial charge in [-0.15, -0.1) is 0 Å². The maximum atomic E-state index is 14.3. The van der Waals surface area contributed by atoms with Crippen molar-refractivity contribution in [2.75, 3.05) is 32.6 Å². The number of hydrogen-bond donors (Lipinski definition) is 0. The Morgan fingerprint density at radius 3 is 2.45 bits per heavy atom. The first-order valence-electron chi connectivity index (χ1n) is 6.68. The lowest BCUT2D eigenvalue weighted by Crippen LogP contribution is -2.56. The van der Waals surface area contributed by atoms with E-state index in [1.165, 1.54) is 6.42 Å². The van der Waals surface area contributed by atoms with Crippen LogP contribution in [0.2, 0.25) is 0 Å². The van der Waals surface area contributed by atoms with E-state index in [0.717, 1.165) is 19.4 Å². The van der Waals surface area contributed by atoms with Gasteiger partial charge in [-0.1, -0.05) is 0 Å². The van der Waals surface area contributed by atoms with E-state index in [-0.39, 0.29) is 15.8 Å². The van der Waals surface area contributed by atoms with Crippen LogP contribution in [-0.4, -0.2) is 38.1 Å². The van der Waals surface area contributed by atoms with Crippen LogP contribution in [0.15, 0.2) is 16.6 Å². The maximum Gasteiger partial charge on any atom is 0.161 e. The zero-order chi connectivity index (χ0) is 14.9. The van der Waals surface area contributed by atoms with Crippen LogP contribution in [0.3, 0.4) is 0 Å². The first-order chi connectivity index (χ1) is 9.41. The molecule has 5 heteroatoms. The maximum absolute atomic E-state index is 14.3. The van der Waals surface area contributed by atoms with Gasteiger partial charge in [0, 0.05) is 19.1 Å². The summed E-state index contributed by atoms with van der Waals surface area (Å²) in [5, 5.41) is 8.91. The summed E-state index contributed by atoms with van der Waals surface area (Å²) in [5.41, 5.74) is 0.997. The molecule has 0 atom stereocenters. The molecule has 0 saturated heterocycles. The highest BCUT2D eigenvalue weighted by Gasteiger charge is 2.40. The highest BCUT2D eigenvalue weighted by atomic mass is 79.9. The average molecular weight is 340 g/mol. The van der Waals surface area contributed by atoms with E-state index >= 15 is 0 Å². The summed E-state index contributed by atoms with van der Waals surface area (Å²) in [5.74, 6) is -0.361. The molecule has 0 bridgehead atoms. The largest absolute Gasteiger partial charge is 0.370 e. The Balaban J connectivity index is 2.24. The second-order valence-electron chi connectivity index (χ2n) is 5.70. The SMILES string of the molecule is CN(CC1(N(C)C)CCC1)c1ccc(C#N)c(Br)c1F. The van der Waals surface area contributed by atoms with Crippen molar-refractivity contribution >= 4 is 21.6 Å². The molecule has 0 unspecified atom stereocenters. The smallest absolute Gasteiger partial charge is 0.161 e. The summed E-state index contributed by atoms with van der Waals surface area (Å²) < 4.78 is 14.6. The Labute approximate surface area is 128 Å². The minimum Gasteiger partial charge on any atom is -0.370 e. The van der Waals surface area contributed by atoms with Gasteiger partial charge >= 0.3 is 0 Å². The number of nitrogens with zero attached hydrogens (tertiary/aromatic N) is 3. The van der Waals surface area contributed by atoms with E-state index in [4.69, 9.17) is 5.26 Å². The standard InChI is InChI=1S/C15H19BrFN3/c1-19(2)15(7-4-8-15)10-20(3)12-6-5-11(9-18)13(16)14(12)17/h5-6H,4,7-8,10H2,1-3H3. The normalized spacial score (nSPS) is 16.6. The molecular formula is C15H19BrFN3. The monoisotopic (exact) mass is 339 g/mol. The van der Waals surface area contributed by atoms with Crippen molar-refractivity contribution in [1.82, 2.24) is 4.90 Å². The molecule has 0 heterocycles. The number of nitriles is 1. The van der Waals surface area contributed by atoms with Crippen molar-refractivity contribution in [2.24, 2.45) is 0 Å². The van der Waals surface area contributed by atoms with Crippen molar-refractivity contribution in [3.63, 3.8) is 0 Å². The van der Waals surface area contributed by atoms with Crippen molar-refractivity contribution in [3.05, 3.63) is 28.0 Å². The second kappa shape index (κ2) is 5.71. The Morgan fingerprint density at radius 2 is 2.00 bits per heavy atom. The van der Waals surface area contributed by atoms with Gasteiger partial charge in [-0.05, 0) is 61.4 Å². The van der Waals surface area contributed by atoms with Crippen molar-refractivity contribution < 1.29 is 4.39 Å². The molecule has 0 aliphatic heterocycles. The first kappa shape index (κ1) is 15.3. The molecule has 20 heavy (non-hydrogen) atoms. The molecule has 0 spiro atoms. The average Bonchev–Trinajstić information content (AvgIpc) is 2.36. The third-order valence-corrected chi connectivity index (χ3v) is 5.13. The van der Waals surface area contributed by atoms with Crippen molar-refractivity contribution in [1.29, 1.82) is 5.26 Å². The van der Waals surface area contributed by atoms with Gasteiger partial charge in [-0.3, -0.25) is 0 Å². The van der Waals surface area contributed by atoms with Crippen LogP contribution in [0.1, 0.15) is 24.8 Å². The Kier molecular flexibility index (Phi) is 4.36. The fourth-order valence-corrected chi connectivity index (χ4v) is 3.20. The summed E-state index contributed by atoms with van der Waals surface area (Å²) in [6.07, 6.45) is 3.51. The molecule has 0 amide bonds. The first-order valence-corrected chi connectivity index (χ1v) is 7.47. The van der Waals surface area contributed by atoms with E-state index in [1.807, 2.05) is 18.0 Å². The van der Waals surface area contributed by atoms with Crippen LogP contribution in [-0.2, 0) is 0 Å². The molecule has 1 aromatic rings. The van der Waals surface area contributed by atoms with E-state index in [0.29, 0.717) is 11.3 Å². The zero-order valence-corrected chi connectivity index (χ0v) is 13.7. The molecule has 0 aromatic heterocycles. The highest BCUT2D eigenvalue weighted by molar-refractivity contribution is 9.10. The molecule has 1 aliphatic carbocycles. The van der Waals surface area contributed by atoms with Gasteiger partial charge in [0.05, 0.1) is 15.7 Å². The fraction of sp³-hybridized carbons (Fsp3) is 0.533. The third-order valence-electron chi connectivity index (χ3n) is 4.36. The Hall–Kier alpha value is -1.12. The summed E-state index contributed by atoms with van der Waals surface area (Å²) in [4.78, 5) is 4.18. The van der Waals surface area contributed by atoms with Crippen LogP contribution in [0.4, 0.5) is 10.1 Å². The molecule has 1 aliphatic rings. The lowest BCUT2D eigenvalue weighted by atomic mass is 9.75. The predicted octanol–water partition coefficient (Wildman–Crippen LogP) is 3.38. The quantitative estimate of drug-likeness (QED) is 0.842. The number of rotatable bonds is 4. The van der Waals surface area contributed by atoms with Crippen LogP contribution in [0, 0.1) is 17.1 Å². The Bertz CT molecular complexity index is 547. The predicted molar refractivity (Wildman–Crippen MR) is 82.4 cm³/mol. The van der Waals surface area contributed by atoms with Crippen molar-refractivity contribution in [3.8, 4) is 6.07 Å². The fourth-order valence-electron chi connectivity index (χ4n) is 2.78. The topological polar surface area (TPSA) is 30.3 Å². The molecule has 108 valence electrons. The number of likely N-dealkylation sites (N-methyl/N-ethyl adjacent to an activating group) is 2. The van der Waals surface area contributed by atoms with Crippen LogP contribution >= 0.6 is 15.9 Å². The molecule has 2 rings (SSSR count). The zero-order valence-electron chi connectivity index (χ0n) is 12.1. The lowest BCUT2D eigenvalue weighted by molar-refractivity contribution is 0.0682. The minimum atomic E-state index is -0.361. The molecule has 1 fully saturated rings. The third kappa shape index (κ3) is 2.55. The number of hydrogen-bond acceptors (Lipinski definition) is 3. The second-order valence-corrected chi connectivity index (χ2v) is 6.49. The lowest BCUT2D eigenvalue weighted by Gasteiger charge is -2.49. The minimum absolute atomic E-state index is 0.140. The molecule has 0 N–H and O–H groups in total. The highest BCUT2D eigenvalue weighted by Crippen LogP contribution is 2.38. The summed E-state index contributed by atoms with van der Waals surface area (Å²) in [7, 11) is 6.07. The van der Waals surface area contributed by atoms with Gasteiger partial charge in [0.25, 0.3) is 0 Å². The molecule has 3 nitrogen and oxygen atoms in total. The molecule has 1 saturated carbocycles. The summed E-state index contributed by atoms with van der Waals surface area (Å²) in [6.45, 7) is 0.787. The van der Waals surface area contributed by atoms with Gasteiger partial charge in [0.2, 0.25) is 0 Å². The van der Waals surface area contributed by atoms with Crippen LogP contribution < -0.4 is 4.90 Å². The van der Waals surface area contributed by atoms with Crippen molar-refractivity contribution in [2.45, 2.75) is 24.8 Å². The van der Waals surface area contributed by atoms with E-state index in [1.54, 1.807) is 12.1 Å². The summed E-state index contributed by atoms with van der Waals surface area (Å²) in [6, 6.07) is 5.31. The van der Waals surface area contributed by atoms with Crippen LogP contribution in [0.25, 0.3) is 0 Å². The number of halogens is 2. The van der Waals surface area contributed by atoms with Crippen LogP contribution in [0.5, 0.6) is 0 Å².